The first-order valence-corrected chi connectivity index (χ1v) is 6.86. The summed E-state index contributed by atoms with van der Waals surface area (Å²) in [5.74, 6) is 0.750. The zero-order valence-electron chi connectivity index (χ0n) is 12.3. The van der Waals surface area contributed by atoms with Crippen LogP contribution in [-0.4, -0.2) is 39.8 Å². The number of aromatic nitrogens is 4. The van der Waals surface area contributed by atoms with Gasteiger partial charge in [-0.05, 0) is 41.4 Å². The van der Waals surface area contributed by atoms with Gasteiger partial charge in [0.05, 0.1) is 5.69 Å². The maximum atomic E-state index is 5.83. The van der Waals surface area contributed by atoms with Crippen LogP contribution in [0.1, 0.15) is 20.8 Å². The first-order valence-electron chi connectivity index (χ1n) is 6.86. The van der Waals surface area contributed by atoms with Crippen LogP contribution in [0.5, 0.6) is 0 Å². The standard InChI is InChI=1S/C14H22N6/c1-4-19(11-14(2,3)10-15)13-16-17-18-20(13)12-8-6-5-7-9-12/h5-9H,4,10-11,15H2,1-3H3. The second-order valence-corrected chi connectivity index (χ2v) is 5.61. The largest absolute Gasteiger partial charge is 0.339 e. The summed E-state index contributed by atoms with van der Waals surface area (Å²) in [6.07, 6.45) is 0. The third-order valence-electron chi connectivity index (χ3n) is 3.29. The molecule has 1 aromatic carbocycles. The molecule has 0 bridgehead atoms. The molecule has 108 valence electrons. The minimum atomic E-state index is 0.0173. The van der Waals surface area contributed by atoms with Crippen LogP contribution in [0.3, 0.4) is 0 Å². The smallest absolute Gasteiger partial charge is 0.250 e. The van der Waals surface area contributed by atoms with Crippen LogP contribution in [0.2, 0.25) is 0 Å². The van der Waals surface area contributed by atoms with E-state index < -0.39 is 0 Å². The first-order chi connectivity index (χ1) is 9.57. The summed E-state index contributed by atoms with van der Waals surface area (Å²) in [5, 5.41) is 12.1. The van der Waals surface area contributed by atoms with E-state index in [4.69, 9.17) is 5.73 Å². The Morgan fingerprint density at radius 3 is 2.55 bits per heavy atom. The number of anilines is 1. The molecule has 0 atom stereocenters. The fourth-order valence-corrected chi connectivity index (χ4v) is 2.02. The molecule has 1 heterocycles. The van der Waals surface area contributed by atoms with Gasteiger partial charge in [0.2, 0.25) is 5.95 Å². The van der Waals surface area contributed by atoms with Crippen molar-refractivity contribution >= 4 is 5.95 Å². The molecule has 20 heavy (non-hydrogen) atoms. The SMILES string of the molecule is CCN(CC(C)(C)CN)c1nnnn1-c1ccccc1. The molecule has 2 aromatic rings. The molecule has 0 spiro atoms. The van der Waals surface area contributed by atoms with Gasteiger partial charge in [-0.3, -0.25) is 0 Å². The predicted molar refractivity (Wildman–Crippen MR) is 79.9 cm³/mol. The number of hydrogen-bond donors (Lipinski definition) is 1. The fourth-order valence-electron chi connectivity index (χ4n) is 2.02. The van der Waals surface area contributed by atoms with Crippen LogP contribution < -0.4 is 10.6 Å². The summed E-state index contributed by atoms with van der Waals surface area (Å²) in [5.41, 5.74) is 6.80. The number of benzene rings is 1. The maximum Gasteiger partial charge on any atom is 0.250 e. The van der Waals surface area contributed by atoms with Crippen molar-refractivity contribution in [2.45, 2.75) is 20.8 Å². The number of hydrogen-bond acceptors (Lipinski definition) is 5. The molecule has 0 aliphatic rings. The van der Waals surface area contributed by atoms with Crippen molar-refractivity contribution < 1.29 is 0 Å². The third kappa shape index (κ3) is 3.14. The molecule has 0 saturated carbocycles. The van der Waals surface area contributed by atoms with Gasteiger partial charge in [-0.1, -0.05) is 37.1 Å². The minimum absolute atomic E-state index is 0.0173. The van der Waals surface area contributed by atoms with Gasteiger partial charge in [-0.25, -0.2) is 0 Å². The number of tetrazole rings is 1. The number of para-hydroxylation sites is 1. The lowest BCUT2D eigenvalue weighted by atomic mass is 9.93. The Morgan fingerprint density at radius 2 is 1.95 bits per heavy atom. The van der Waals surface area contributed by atoms with E-state index in [9.17, 15) is 0 Å². The van der Waals surface area contributed by atoms with E-state index in [-0.39, 0.29) is 5.41 Å². The monoisotopic (exact) mass is 274 g/mol. The molecule has 0 fully saturated rings. The molecular formula is C14H22N6. The molecule has 2 N–H and O–H groups in total. The van der Waals surface area contributed by atoms with Crippen molar-refractivity contribution in [3.8, 4) is 5.69 Å². The Kier molecular flexibility index (Phi) is 4.34. The van der Waals surface area contributed by atoms with E-state index in [1.807, 2.05) is 30.3 Å². The summed E-state index contributed by atoms with van der Waals surface area (Å²) in [6, 6.07) is 9.90. The number of rotatable bonds is 6. The molecule has 0 radical (unpaired) electrons. The summed E-state index contributed by atoms with van der Waals surface area (Å²) >= 11 is 0. The molecular weight excluding hydrogens is 252 g/mol. The van der Waals surface area contributed by atoms with Crippen molar-refractivity contribution in [3.63, 3.8) is 0 Å². The van der Waals surface area contributed by atoms with Crippen LogP contribution in [0.25, 0.3) is 5.69 Å². The summed E-state index contributed by atoms with van der Waals surface area (Å²) < 4.78 is 1.76. The minimum Gasteiger partial charge on any atom is -0.339 e. The zero-order chi connectivity index (χ0) is 14.6. The Balaban J connectivity index is 2.30. The van der Waals surface area contributed by atoms with E-state index in [1.165, 1.54) is 0 Å². The van der Waals surface area contributed by atoms with Crippen molar-refractivity contribution in [1.29, 1.82) is 0 Å². The Bertz CT molecular complexity index is 534. The number of nitrogens with zero attached hydrogens (tertiary/aromatic N) is 5. The van der Waals surface area contributed by atoms with Gasteiger partial charge in [0.15, 0.2) is 0 Å². The van der Waals surface area contributed by atoms with E-state index >= 15 is 0 Å². The molecule has 0 aliphatic carbocycles. The van der Waals surface area contributed by atoms with E-state index in [0.29, 0.717) is 6.54 Å². The van der Waals surface area contributed by atoms with Crippen LogP contribution in [0, 0.1) is 5.41 Å². The van der Waals surface area contributed by atoms with Crippen molar-refractivity contribution in [3.05, 3.63) is 30.3 Å². The average molecular weight is 274 g/mol. The highest BCUT2D eigenvalue weighted by Crippen LogP contribution is 2.21. The van der Waals surface area contributed by atoms with E-state index in [2.05, 4.69) is 41.2 Å². The number of nitrogens with two attached hydrogens (primary N) is 1. The summed E-state index contributed by atoms with van der Waals surface area (Å²) in [7, 11) is 0. The lowest BCUT2D eigenvalue weighted by molar-refractivity contribution is 0.376. The molecule has 0 unspecified atom stereocenters. The van der Waals surface area contributed by atoms with Crippen LogP contribution in [0.4, 0.5) is 5.95 Å². The van der Waals surface area contributed by atoms with Gasteiger partial charge in [0, 0.05) is 13.1 Å². The van der Waals surface area contributed by atoms with Gasteiger partial charge in [-0.15, -0.1) is 0 Å². The fraction of sp³-hybridized carbons (Fsp3) is 0.500. The van der Waals surface area contributed by atoms with Crippen molar-refractivity contribution in [2.75, 3.05) is 24.5 Å². The van der Waals surface area contributed by atoms with Gasteiger partial charge in [-0.2, -0.15) is 4.68 Å². The van der Waals surface area contributed by atoms with Crippen molar-refractivity contribution in [2.24, 2.45) is 11.1 Å². The molecule has 0 aliphatic heterocycles. The lowest BCUT2D eigenvalue weighted by Crippen LogP contribution is -2.40. The predicted octanol–water partition coefficient (Wildman–Crippen LogP) is 1.47. The molecule has 0 amide bonds. The Morgan fingerprint density at radius 1 is 1.25 bits per heavy atom. The molecule has 6 nitrogen and oxygen atoms in total. The van der Waals surface area contributed by atoms with Crippen molar-refractivity contribution in [1.82, 2.24) is 20.2 Å². The van der Waals surface area contributed by atoms with Gasteiger partial charge >= 0.3 is 0 Å². The highest BCUT2D eigenvalue weighted by Gasteiger charge is 2.23. The van der Waals surface area contributed by atoms with Crippen LogP contribution in [0.15, 0.2) is 30.3 Å². The topological polar surface area (TPSA) is 72.9 Å². The average Bonchev–Trinajstić information content (AvgIpc) is 2.95. The Labute approximate surface area is 119 Å². The highest BCUT2D eigenvalue weighted by molar-refractivity contribution is 5.40. The third-order valence-corrected chi connectivity index (χ3v) is 3.29. The lowest BCUT2D eigenvalue weighted by Gasteiger charge is -2.31. The molecule has 0 saturated heterocycles. The second kappa shape index (κ2) is 6.00. The Hall–Kier alpha value is -1.95. The normalized spacial score (nSPS) is 11.6. The summed E-state index contributed by atoms with van der Waals surface area (Å²) in [6.45, 7) is 8.65. The zero-order valence-corrected chi connectivity index (χ0v) is 12.3. The quantitative estimate of drug-likeness (QED) is 0.863. The second-order valence-electron chi connectivity index (χ2n) is 5.61. The first kappa shape index (κ1) is 14.5. The van der Waals surface area contributed by atoms with Gasteiger partial charge in [0.1, 0.15) is 0 Å². The molecule has 2 rings (SSSR count). The van der Waals surface area contributed by atoms with E-state index in [0.717, 1.165) is 24.7 Å². The molecule has 6 heteroatoms. The highest BCUT2D eigenvalue weighted by atomic mass is 15.6. The molecule has 1 aromatic heterocycles. The van der Waals surface area contributed by atoms with Gasteiger partial charge in [0.25, 0.3) is 0 Å². The summed E-state index contributed by atoms with van der Waals surface area (Å²) in [4.78, 5) is 2.15. The van der Waals surface area contributed by atoms with Gasteiger partial charge < -0.3 is 10.6 Å². The maximum absolute atomic E-state index is 5.83. The van der Waals surface area contributed by atoms with Crippen LogP contribution >= 0.6 is 0 Å². The van der Waals surface area contributed by atoms with Crippen LogP contribution in [-0.2, 0) is 0 Å². The van der Waals surface area contributed by atoms with E-state index in [1.54, 1.807) is 4.68 Å².